The molecule has 4 fully saturated rings. The van der Waals surface area contributed by atoms with Gasteiger partial charge >= 0.3 is 5.97 Å². The lowest BCUT2D eigenvalue weighted by atomic mass is 9.47. The summed E-state index contributed by atoms with van der Waals surface area (Å²) in [6.45, 7) is 27.4. The third-order valence-corrected chi connectivity index (χ3v) is 19.3. The topological polar surface area (TPSA) is 54.0 Å². The van der Waals surface area contributed by atoms with E-state index in [9.17, 15) is 4.79 Å². The van der Waals surface area contributed by atoms with Gasteiger partial charge < -0.3 is 18.6 Å². The number of allylic oxidation sites excluding steroid dienone is 1. The minimum Gasteiger partial charge on any atom is -0.457 e. The molecule has 5 rings (SSSR count). The van der Waals surface area contributed by atoms with E-state index in [0.717, 1.165) is 48.3 Å². The van der Waals surface area contributed by atoms with Crippen LogP contribution in [0.5, 0.6) is 0 Å². The zero-order valence-corrected chi connectivity index (χ0v) is 33.5. The van der Waals surface area contributed by atoms with Crippen LogP contribution in [0.2, 0.25) is 18.1 Å². The predicted octanol–water partition coefficient (Wildman–Crippen LogP) is 10.9. The van der Waals surface area contributed by atoms with E-state index in [4.69, 9.17) is 18.6 Å². The molecule has 1 heterocycles. The molecule has 4 aliphatic carbocycles. The Morgan fingerprint density at radius 2 is 1.77 bits per heavy atom. The molecule has 0 amide bonds. The number of hydrogen-bond donors (Lipinski definition) is 0. The number of rotatable bonds is 10. The van der Waals surface area contributed by atoms with Gasteiger partial charge in [-0.1, -0.05) is 86.3 Å². The summed E-state index contributed by atoms with van der Waals surface area (Å²) in [4.78, 5) is 12.1. The second-order valence-electron chi connectivity index (χ2n) is 19.3. The maximum atomic E-state index is 12.1. The second kappa shape index (κ2) is 14.1. The Hall–Kier alpha value is -0.693. The van der Waals surface area contributed by atoms with Crippen LogP contribution in [0.4, 0.5) is 0 Å². The third-order valence-electron chi connectivity index (χ3n) is 14.8. The molecule has 1 aliphatic heterocycles. The first-order chi connectivity index (χ1) is 21.9. The maximum absolute atomic E-state index is 12.1. The van der Waals surface area contributed by atoms with Gasteiger partial charge in [0.25, 0.3) is 0 Å². The molecule has 5 nitrogen and oxygen atoms in total. The summed E-state index contributed by atoms with van der Waals surface area (Å²) in [7, 11) is -2.09. The van der Waals surface area contributed by atoms with Gasteiger partial charge in [-0.25, -0.2) is 0 Å². The highest BCUT2D eigenvalue weighted by Crippen LogP contribution is 2.67. The predicted molar refractivity (Wildman–Crippen MR) is 194 cm³/mol. The standard InChI is InChI=1S/C41H72O5Si/c1-26(2)14-13-15-27(3)33-18-19-34-32-17-16-30-24-31(20-22-40(30,9)35(32)21-23-41(33,34)10)45-37-25-36(46-47(11,12)39(6,7)8)38(28(4)43-37)44-29(5)42/h16,26-28,31-38H,13-15,17-25H2,1-12H3/t27-,28+,31+,32+,33-,34+,35+,36+,37?,38+,40+,41-/m1/s1. The molecule has 0 spiro atoms. The number of ether oxygens (including phenoxy) is 3. The fraction of sp³-hybridized carbons (Fsp3) is 0.927. The van der Waals surface area contributed by atoms with Gasteiger partial charge in [0.15, 0.2) is 20.7 Å². The molecule has 0 aromatic rings. The monoisotopic (exact) mass is 673 g/mol. The molecule has 47 heavy (non-hydrogen) atoms. The molecule has 0 N–H and O–H groups in total. The summed E-state index contributed by atoms with van der Waals surface area (Å²) in [6.07, 6.45) is 16.7. The van der Waals surface area contributed by atoms with Gasteiger partial charge in [0.2, 0.25) is 0 Å². The van der Waals surface area contributed by atoms with Crippen LogP contribution < -0.4 is 0 Å². The van der Waals surface area contributed by atoms with Crippen molar-refractivity contribution in [1.82, 2.24) is 0 Å². The van der Waals surface area contributed by atoms with Gasteiger partial charge in [-0.15, -0.1) is 0 Å². The van der Waals surface area contributed by atoms with E-state index in [1.807, 2.05) is 6.92 Å². The number of carbonyl (C=O) groups is 1. The van der Waals surface area contributed by atoms with Crippen molar-refractivity contribution in [2.75, 3.05) is 0 Å². The molecule has 0 bridgehead atoms. The average Bonchev–Trinajstić information content (AvgIpc) is 3.31. The molecule has 1 saturated heterocycles. The summed E-state index contributed by atoms with van der Waals surface area (Å²) in [5.41, 5.74) is 2.49. The quantitative estimate of drug-likeness (QED) is 0.131. The van der Waals surface area contributed by atoms with Gasteiger partial charge in [0.05, 0.1) is 18.3 Å². The van der Waals surface area contributed by atoms with Crippen LogP contribution >= 0.6 is 0 Å². The summed E-state index contributed by atoms with van der Waals surface area (Å²) in [5.74, 6) is 4.87. The molecule has 0 aromatic heterocycles. The van der Waals surface area contributed by atoms with Crippen LogP contribution in [-0.4, -0.2) is 45.0 Å². The molecule has 0 aromatic carbocycles. The van der Waals surface area contributed by atoms with Gasteiger partial charge in [0.1, 0.15) is 0 Å². The van der Waals surface area contributed by atoms with Crippen molar-refractivity contribution in [1.29, 1.82) is 0 Å². The van der Waals surface area contributed by atoms with Crippen LogP contribution in [0.1, 0.15) is 146 Å². The highest BCUT2D eigenvalue weighted by atomic mass is 28.4. The summed E-state index contributed by atoms with van der Waals surface area (Å²) in [5, 5.41) is 0.0620. The van der Waals surface area contributed by atoms with Crippen LogP contribution in [0.15, 0.2) is 11.6 Å². The average molecular weight is 673 g/mol. The van der Waals surface area contributed by atoms with Crippen LogP contribution in [0, 0.1) is 46.3 Å². The smallest absolute Gasteiger partial charge is 0.303 e. The van der Waals surface area contributed by atoms with Crippen molar-refractivity contribution in [3.63, 3.8) is 0 Å². The van der Waals surface area contributed by atoms with E-state index in [2.05, 4.69) is 74.6 Å². The Morgan fingerprint density at radius 3 is 2.43 bits per heavy atom. The van der Waals surface area contributed by atoms with E-state index < -0.39 is 14.4 Å². The molecule has 3 saturated carbocycles. The number of esters is 1. The van der Waals surface area contributed by atoms with Crippen LogP contribution in [0.25, 0.3) is 0 Å². The van der Waals surface area contributed by atoms with E-state index in [0.29, 0.717) is 17.3 Å². The lowest BCUT2D eigenvalue weighted by Crippen LogP contribution is -2.56. The Balaban J connectivity index is 1.24. The fourth-order valence-electron chi connectivity index (χ4n) is 11.1. The van der Waals surface area contributed by atoms with Crippen molar-refractivity contribution in [3.05, 3.63) is 11.6 Å². The number of carbonyl (C=O) groups excluding carboxylic acids is 1. The van der Waals surface area contributed by atoms with Crippen molar-refractivity contribution in [2.24, 2.45) is 46.3 Å². The number of fused-ring (bicyclic) bond motifs is 5. The molecule has 1 unspecified atom stereocenters. The molecule has 5 aliphatic rings. The third kappa shape index (κ3) is 7.66. The van der Waals surface area contributed by atoms with Crippen LogP contribution in [0.3, 0.4) is 0 Å². The highest BCUT2D eigenvalue weighted by molar-refractivity contribution is 6.74. The van der Waals surface area contributed by atoms with Crippen molar-refractivity contribution < 1.29 is 23.4 Å². The molecular formula is C41H72O5Si. The van der Waals surface area contributed by atoms with E-state index >= 15 is 0 Å². The summed E-state index contributed by atoms with van der Waals surface area (Å²) < 4.78 is 25.9. The Labute approximate surface area is 290 Å². The minimum absolute atomic E-state index is 0.0620. The normalized spacial score (nSPS) is 41.5. The fourth-order valence-corrected chi connectivity index (χ4v) is 12.4. The van der Waals surface area contributed by atoms with Crippen molar-refractivity contribution >= 4 is 14.3 Å². The largest absolute Gasteiger partial charge is 0.457 e. The van der Waals surface area contributed by atoms with Gasteiger partial charge in [0, 0.05) is 13.3 Å². The van der Waals surface area contributed by atoms with Gasteiger partial charge in [-0.3, -0.25) is 4.79 Å². The molecule has 0 radical (unpaired) electrons. The second-order valence-corrected chi connectivity index (χ2v) is 24.0. The first-order valence-electron chi connectivity index (χ1n) is 19.7. The SMILES string of the molecule is CC(=O)O[C@H]1[C@H](C)OC(O[C@H]2CC[C@@]3(C)C(=CC[C@H]4[C@@H]5CC[C@H]([C@H](C)CCCC(C)C)[C@@]5(C)CC[C@@H]43)C2)C[C@@H]1O[Si](C)(C)C(C)(C)C. The highest BCUT2D eigenvalue weighted by Gasteiger charge is 2.59. The Kier molecular flexibility index (Phi) is 11.3. The first-order valence-corrected chi connectivity index (χ1v) is 22.6. The lowest BCUT2D eigenvalue weighted by molar-refractivity contribution is -0.264. The molecule has 6 heteroatoms. The Bertz CT molecular complexity index is 1130. The minimum atomic E-state index is -2.09. The van der Waals surface area contributed by atoms with E-state index in [1.54, 1.807) is 5.57 Å². The van der Waals surface area contributed by atoms with Crippen molar-refractivity contribution in [2.45, 2.75) is 195 Å². The zero-order chi connectivity index (χ0) is 34.5. The summed E-state index contributed by atoms with van der Waals surface area (Å²) in [6, 6.07) is 0. The molecule has 270 valence electrons. The Morgan fingerprint density at radius 1 is 1.04 bits per heavy atom. The van der Waals surface area contributed by atoms with Gasteiger partial charge in [-0.2, -0.15) is 0 Å². The van der Waals surface area contributed by atoms with Gasteiger partial charge in [-0.05, 0) is 123 Å². The maximum Gasteiger partial charge on any atom is 0.303 e. The molecule has 12 atom stereocenters. The van der Waals surface area contributed by atoms with Crippen LogP contribution in [-0.2, 0) is 23.4 Å². The lowest BCUT2D eigenvalue weighted by Gasteiger charge is -2.58. The zero-order valence-electron chi connectivity index (χ0n) is 32.5. The first kappa shape index (κ1) is 37.6. The summed E-state index contributed by atoms with van der Waals surface area (Å²) >= 11 is 0. The number of hydrogen-bond acceptors (Lipinski definition) is 5. The van der Waals surface area contributed by atoms with E-state index in [-0.39, 0.29) is 35.6 Å². The molecular weight excluding hydrogens is 601 g/mol. The van der Waals surface area contributed by atoms with Crippen molar-refractivity contribution in [3.8, 4) is 0 Å². The van der Waals surface area contributed by atoms with E-state index in [1.165, 1.54) is 64.7 Å².